The highest BCUT2D eigenvalue weighted by Crippen LogP contribution is 2.27. The second kappa shape index (κ2) is 6.20. The van der Waals surface area contributed by atoms with E-state index in [1.807, 2.05) is 0 Å². The highest BCUT2D eigenvalue weighted by molar-refractivity contribution is 6.85. The lowest BCUT2D eigenvalue weighted by atomic mass is 9.99. The van der Waals surface area contributed by atoms with Crippen LogP contribution in [0.25, 0.3) is 0 Å². The first-order valence-electron chi connectivity index (χ1n) is 7.60. The number of hydrogen-bond donors (Lipinski definition) is 0. The number of hydrogen-bond acceptors (Lipinski definition) is 2. The van der Waals surface area contributed by atoms with Crippen LogP contribution in [0.15, 0.2) is 0 Å². The molecule has 0 amide bonds. The molecule has 0 bridgehead atoms. The maximum Gasteiger partial charge on any atom is 0.190 e. The zero-order chi connectivity index (χ0) is 14.0. The molecule has 1 rings (SSSR count). The summed E-state index contributed by atoms with van der Waals surface area (Å²) in [6.07, 6.45) is 3.99. The van der Waals surface area contributed by atoms with Crippen molar-refractivity contribution in [2.24, 2.45) is 5.92 Å². The van der Waals surface area contributed by atoms with E-state index in [0.717, 1.165) is 5.92 Å². The van der Waals surface area contributed by atoms with E-state index in [1.54, 1.807) is 0 Å². The molecule has 0 spiro atoms. The fraction of sp³-hybridized carbons (Fsp3) is 1.00. The summed E-state index contributed by atoms with van der Waals surface area (Å²) in [5.74, 6) is 0.918. The molecular weight excluding hydrogens is 254 g/mol. The standard InChI is InChI=1S/C14H33NOSi2/c1-8-14(15-11-9-13(2)10-12-15)18(6,7)16-17(3,4)5/h13-14H,8-12H2,1-7H3. The van der Waals surface area contributed by atoms with Gasteiger partial charge in [0.25, 0.3) is 0 Å². The predicted molar refractivity (Wildman–Crippen MR) is 86.0 cm³/mol. The van der Waals surface area contributed by atoms with Gasteiger partial charge in [0.05, 0.1) is 0 Å². The van der Waals surface area contributed by atoms with Gasteiger partial charge in [-0.3, -0.25) is 0 Å². The van der Waals surface area contributed by atoms with Crippen molar-refractivity contribution >= 4 is 16.6 Å². The molecule has 1 aliphatic rings. The SMILES string of the molecule is CCC(N1CCC(C)CC1)[Si](C)(C)O[Si](C)(C)C. The molecule has 1 unspecified atom stereocenters. The van der Waals surface area contributed by atoms with Gasteiger partial charge in [-0.15, -0.1) is 0 Å². The van der Waals surface area contributed by atoms with E-state index in [4.69, 9.17) is 4.12 Å². The Bertz CT molecular complexity index is 255. The highest BCUT2D eigenvalue weighted by atomic mass is 28.4. The van der Waals surface area contributed by atoms with E-state index >= 15 is 0 Å². The maximum atomic E-state index is 6.59. The molecule has 0 aromatic rings. The van der Waals surface area contributed by atoms with E-state index in [2.05, 4.69) is 51.5 Å². The largest absolute Gasteiger partial charge is 0.455 e. The molecule has 0 radical (unpaired) electrons. The molecule has 2 nitrogen and oxygen atoms in total. The minimum Gasteiger partial charge on any atom is -0.455 e. The molecule has 18 heavy (non-hydrogen) atoms. The Morgan fingerprint density at radius 1 is 1.11 bits per heavy atom. The van der Waals surface area contributed by atoms with Gasteiger partial charge in [0.2, 0.25) is 0 Å². The summed E-state index contributed by atoms with van der Waals surface area (Å²) >= 11 is 0. The topological polar surface area (TPSA) is 12.5 Å². The number of likely N-dealkylation sites (tertiary alicyclic amines) is 1. The van der Waals surface area contributed by atoms with E-state index in [9.17, 15) is 0 Å². The van der Waals surface area contributed by atoms with E-state index < -0.39 is 16.6 Å². The lowest BCUT2D eigenvalue weighted by Gasteiger charge is -2.45. The van der Waals surface area contributed by atoms with Crippen LogP contribution in [-0.2, 0) is 4.12 Å². The summed E-state index contributed by atoms with van der Waals surface area (Å²) in [6.45, 7) is 19.1. The lowest BCUT2D eigenvalue weighted by Crippen LogP contribution is -2.59. The fourth-order valence-corrected chi connectivity index (χ4v) is 12.4. The summed E-state index contributed by atoms with van der Waals surface area (Å²) in [5, 5.41) is 0. The van der Waals surface area contributed by atoms with Gasteiger partial charge < -0.3 is 9.02 Å². The molecule has 0 aliphatic carbocycles. The van der Waals surface area contributed by atoms with Crippen molar-refractivity contribution in [1.29, 1.82) is 0 Å². The van der Waals surface area contributed by atoms with Crippen LogP contribution in [0.1, 0.15) is 33.1 Å². The Kier molecular flexibility index (Phi) is 5.65. The summed E-state index contributed by atoms with van der Waals surface area (Å²) in [4.78, 5) is 2.73. The Balaban J connectivity index is 2.69. The van der Waals surface area contributed by atoms with Crippen molar-refractivity contribution in [2.75, 3.05) is 13.1 Å². The minimum absolute atomic E-state index is 0.705. The van der Waals surface area contributed by atoms with E-state index in [0.29, 0.717) is 5.67 Å². The number of piperidine rings is 1. The molecule has 108 valence electrons. The quantitative estimate of drug-likeness (QED) is 0.706. The van der Waals surface area contributed by atoms with Crippen LogP contribution in [0.4, 0.5) is 0 Å². The van der Waals surface area contributed by atoms with Crippen LogP contribution < -0.4 is 0 Å². The number of rotatable bonds is 5. The molecule has 1 saturated heterocycles. The fourth-order valence-electron chi connectivity index (χ4n) is 3.39. The summed E-state index contributed by atoms with van der Waals surface area (Å²) in [7, 11) is -3.00. The Hall–Kier alpha value is 0.354. The predicted octanol–water partition coefficient (Wildman–Crippen LogP) is 4.09. The third kappa shape index (κ3) is 4.80. The molecule has 1 heterocycles. The van der Waals surface area contributed by atoms with Crippen LogP contribution in [0.5, 0.6) is 0 Å². The molecule has 0 aromatic heterocycles. The van der Waals surface area contributed by atoms with Crippen molar-refractivity contribution in [3.8, 4) is 0 Å². The number of nitrogens with zero attached hydrogens (tertiary/aromatic N) is 1. The van der Waals surface area contributed by atoms with Gasteiger partial charge in [0, 0.05) is 5.67 Å². The van der Waals surface area contributed by atoms with Gasteiger partial charge in [-0.05, 0) is 71.0 Å². The zero-order valence-corrected chi connectivity index (χ0v) is 15.5. The average molecular weight is 288 g/mol. The second-order valence-corrected chi connectivity index (χ2v) is 16.4. The molecule has 0 saturated carbocycles. The van der Waals surface area contributed by atoms with Gasteiger partial charge in [-0.2, -0.15) is 0 Å². The second-order valence-electron chi connectivity index (χ2n) is 7.46. The highest BCUT2D eigenvalue weighted by Gasteiger charge is 2.40. The zero-order valence-electron chi connectivity index (χ0n) is 13.5. The molecule has 0 aromatic carbocycles. The van der Waals surface area contributed by atoms with Crippen LogP contribution >= 0.6 is 0 Å². The summed E-state index contributed by atoms with van der Waals surface area (Å²) in [5.41, 5.74) is 0.705. The van der Waals surface area contributed by atoms with Gasteiger partial charge in [0.1, 0.15) is 0 Å². The Morgan fingerprint density at radius 2 is 1.61 bits per heavy atom. The van der Waals surface area contributed by atoms with Crippen molar-refractivity contribution in [2.45, 2.75) is 71.5 Å². The van der Waals surface area contributed by atoms with Gasteiger partial charge >= 0.3 is 0 Å². The molecular formula is C14H33NOSi2. The monoisotopic (exact) mass is 287 g/mol. The van der Waals surface area contributed by atoms with Crippen molar-refractivity contribution in [1.82, 2.24) is 4.90 Å². The smallest absolute Gasteiger partial charge is 0.190 e. The van der Waals surface area contributed by atoms with Crippen molar-refractivity contribution in [3.63, 3.8) is 0 Å². The first-order valence-corrected chi connectivity index (χ1v) is 14.0. The van der Waals surface area contributed by atoms with Crippen LogP contribution in [0.3, 0.4) is 0 Å². The first-order chi connectivity index (χ1) is 8.15. The molecule has 4 heteroatoms. The van der Waals surface area contributed by atoms with Crippen LogP contribution in [0.2, 0.25) is 32.7 Å². The Labute approximate surface area is 116 Å². The van der Waals surface area contributed by atoms with Gasteiger partial charge in [0.15, 0.2) is 16.6 Å². The Morgan fingerprint density at radius 3 is 2.00 bits per heavy atom. The van der Waals surface area contributed by atoms with E-state index in [1.165, 1.54) is 32.4 Å². The molecule has 1 aliphatic heterocycles. The van der Waals surface area contributed by atoms with Crippen molar-refractivity contribution in [3.05, 3.63) is 0 Å². The van der Waals surface area contributed by atoms with Gasteiger partial charge in [-0.1, -0.05) is 13.8 Å². The third-order valence-corrected chi connectivity index (χ3v) is 10.9. The van der Waals surface area contributed by atoms with Crippen LogP contribution in [0, 0.1) is 5.92 Å². The molecule has 1 fully saturated rings. The normalized spacial score (nSPS) is 22.2. The van der Waals surface area contributed by atoms with Crippen LogP contribution in [-0.4, -0.2) is 40.3 Å². The van der Waals surface area contributed by atoms with E-state index in [-0.39, 0.29) is 0 Å². The first kappa shape index (κ1) is 16.4. The summed E-state index contributed by atoms with van der Waals surface area (Å²) in [6, 6.07) is 0. The average Bonchev–Trinajstić information content (AvgIpc) is 2.17. The maximum absolute atomic E-state index is 6.59. The lowest BCUT2D eigenvalue weighted by molar-refractivity contribution is 0.160. The molecule has 1 atom stereocenters. The van der Waals surface area contributed by atoms with Gasteiger partial charge in [-0.25, -0.2) is 0 Å². The molecule has 0 N–H and O–H groups in total. The van der Waals surface area contributed by atoms with Crippen molar-refractivity contribution < 1.29 is 4.12 Å². The summed E-state index contributed by atoms with van der Waals surface area (Å²) < 4.78 is 6.59. The third-order valence-electron chi connectivity index (χ3n) is 4.02. The minimum atomic E-state index is -1.59.